The molecule has 0 aromatic heterocycles. The van der Waals surface area contributed by atoms with E-state index in [1.165, 1.54) is 0 Å². The van der Waals surface area contributed by atoms with Gasteiger partial charge in [0.05, 0.1) is 6.10 Å². The predicted octanol–water partition coefficient (Wildman–Crippen LogP) is 1.75. The SMILES string of the molecule is C[C@@H]1CC(N)(C(=O)O)c2cc(Cl)ccc2O1. The van der Waals surface area contributed by atoms with Gasteiger partial charge in [-0.05, 0) is 25.1 Å². The highest BCUT2D eigenvalue weighted by atomic mass is 35.5. The van der Waals surface area contributed by atoms with Gasteiger partial charge in [0.25, 0.3) is 0 Å². The topological polar surface area (TPSA) is 72.6 Å². The number of rotatable bonds is 1. The number of hydrogen-bond donors (Lipinski definition) is 2. The molecule has 0 amide bonds. The van der Waals surface area contributed by atoms with Crippen molar-refractivity contribution in [2.24, 2.45) is 5.73 Å². The number of aliphatic carboxylic acids is 1. The van der Waals surface area contributed by atoms with Crippen LogP contribution in [0.3, 0.4) is 0 Å². The van der Waals surface area contributed by atoms with Crippen LogP contribution >= 0.6 is 11.6 Å². The Morgan fingerprint density at radius 3 is 3.00 bits per heavy atom. The Bertz CT molecular complexity index is 449. The lowest BCUT2D eigenvalue weighted by molar-refractivity contribution is -0.145. The first kappa shape index (κ1) is 11.2. The first-order valence-corrected chi connectivity index (χ1v) is 5.30. The van der Waals surface area contributed by atoms with E-state index in [4.69, 9.17) is 22.1 Å². The second-order valence-corrected chi connectivity index (χ2v) is 4.49. The fourth-order valence-corrected chi connectivity index (χ4v) is 2.15. The number of carboxylic acid groups (broad SMARTS) is 1. The van der Waals surface area contributed by atoms with Crippen molar-refractivity contribution < 1.29 is 14.6 Å². The Kier molecular flexibility index (Phi) is 2.56. The number of benzene rings is 1. The molecule has 16 heavy (non-hydrogen) atoms. The summed E-state index contributed by atoms with van der Waals surface area (Å²) in [6.07, 6.45) is 0.00476. The molecule has 1 aromatic carbocycles. The van der Waals surface area contributed by atoms with E-state index in [0.29, 0.717) is 16.3 Å². The highest BCUT2D eigenvalue weighted by Gasteiger charge is 2.43. The fourth-order valence-electron chi connectivity index (χ4n) is 1.98. The molecule has 1 aliphatic heterocycles. The molecule has 3 N–H and O–H groups in total. The van der Waals surface area contributed by atoms with E-state index in [1.54, 1.807) is 25.1 Å². The van der Waals surface area contributed by atoms with Crippen LogP contribution in [0.25, 0.3) is 0 Å². The summed E-state index contributed by atoms with van der Waals surface area (Å²) in [6.45, 7) is 1.79. The van der Waals surface area contributed by atoms with E-state index in [0.717, 1.165) is 0 Å². The van der Waals surface area contributed by atoms with E-state index >= 15 is 0 Å². The molecule has 0 saturated carbocycles. The summed E-state index contributed by atoms with van der Waals surface area (Å²) in [4.78, 5) is 11.3. The molecule has 0 radical (unpaired) electrons. The number of carboxylic acids is 1. The summed E-state index contributed by atoms with van der Waals surface area (Å²) < 4.78 is 5.53. The van der Waals surface area contributed by atoms with Gasteiger partial charge >= 0.3 is 5.97 Å². The van der Waals surface area contributed by atoms with Crippen molar-refractivity contribution in [3.63, 3.8) is 0 Å². The van der Waals surface area contributed by atoms with Crippen LogP contribution in [-0.2, 0) is 10.3 Å². The van der Waals surface area contributed by atoms with Crippen LogP contribution in [-0.4, -0.2) is 17.2 Å². The van der Waals surface area contributed by atoms with Crippen molar-refractivity contribution >= 4 is 17.6 Å². The molecular formula is C11H12ClNO3. The monoisotopic (exact) mass is 241 g/mol. The number of ether oxygens (including phenoxy) is 1. The minimum Gasteiger partial charge on any atom is -0.490 e. The lowest BCUT2D eigenvalue weighted by atomic mass is 9.83. The van der Waals surface area contributed by atoms with Gasteiger partial charge in [-0.15, -0.1) is 0 Å². The van der Waals surface area contributed by atoms with Crippen molar-refractivity contribution in [1.29, 1.82) is 0 Å². The molecular weight excluding hydrogens is 230 g/mol. The molecule has 1 aromatic rings. The van der Waals surface area contributed by atoms with Crippen LogP contribution in [0.2, 0.25) is 5.02 Å². The van der Waals surface area contributed by atoms with Gasteiger partial charge in [-0.25, -0.2) is 4.79 Å². The van der Waals surface area contributed by atoms with E-state index < -0.39 is 11.5 Å². The van der Waals surface area contributed by atoms with Crippen molar-refractivity contribution in [3.05, 3.63) is 28.8 Å². The summed E-state index contributed by atoms with van der Waals surface area (Å²) in [7, 11) is 0. The molecule has 0 spiro atoms. The average Bonchev–Trinajstić information content (AvgIpc) is 2.19. The molecule has 2 atom stereocenters. The zero-order valence-electron chi connectivity index (χ0n) is 8.74. The third-order valence-electron chi connectivity index (χ3n) is 2.74. The van der Waals surface area contributed by atoms with Gasteiger partial charge in [0.1, 0.15) is 11.3 Å². The Labute approximate surface area is 98.0 Å². The third-order valence-corrected chi connectivity index (χ3v) is 2.98. The summed E-state index contributed by atoms with van der Waals surface area (Å²) in [6, 6.07) is 4.86. The molecule has 0 bridgehead atoms. The molecule has 86 valence electrons. The molecule has 4 nitrogen and oxygen atoms in total. The lowest BCUT2D eigenvalue weighted by Crippen LogP contribution is -2.50. The van der Waals surface area contributed by atoms with Crippen molar-refractivity contribution in [2.45, 2.75) is 25.0 Å². The second kappa shape index (κ2) is 3.64. The quantitative estimate of drug-likeness (QED) is 0.786. The molecule has 1 aliphatic rings. The van der Waals surface area contributed by atoms with Crippen LogP contribution in [0.4, 0.5) is 0 Å². The van der Waals surface area contributed by atoms with E-state index in [9.17, 15) is 9.90 Å². The van der Waals surface area contributed by atoms with Gasteiger partial charge in [-0.1, -0.05) is 11.6 Å². The molecule has 0 aliphatic carbocycles. The van der Waals surface area contributed by atoms with Crippen molar-refractivity contribution in [3.8, 4) is 5.75 Å². The zero-order chi connectivity index (χ0) is 11.9. The van der Waals surface area contributed by atoms with Gasteiger partial charge < -0.3 is 15.6 Å². The largest absolute Gasteiger partial charge is 0.490 e. The van der Waals surface area contributed by atoms with Crippen LogP contribution in [0.1, 0.15) is 18.9 Å². The summed E-state index contributed by atoms with van der Waals surface area (Å²) >= 11 is 5.84. The first-order chi connectivity index (χ1) is 7.43. The van der Waals surface area contributed by atoms with E-state index in [1.807, 2.05) is 0 Å². The lowest BCUT2D eigenvalue weighted by Gasteiger charge is -2.35. The van der Waals surface area contributed by atoms with E-state index in [2.05, 4.69) is 0 Å². The molecule has 0 fully saturated rings. The summed E-state index contributed by atoms with van der Waals surface area (Å²) in [5.74, 6) is -0.570. The number of nitrogens with two attached hydrogens (primary N) is 1. The number of fused-ring (bicyclic) bond motifs is 1. The second-order valence-electron chi connectivity index (χ2n) is 4.05. The smallest absolute Gasteiger partial charge is 0.328 e. The summed E-state index contributed by atoms with van der Waals surface area (Å²) in [5, 5.41) is 9.68. The number of carbonyl (C=O) groups is 1. The van der Waals surface area contributed by atoms with E-state index in [-0.39, 0.29) is 12.5 Å². The van der Waals surface area contributed by atoms with Crippen LogP contribution in [0.15, 0.2) is 18.2 Å². The number of halogens is 1. The Balaban J connectivity index is 2.60. The molecule has 5 heteroatoms. The van der Waals surface area contributed by atoms with Crippen molar-refractivity contribution in [2.75, 3.05) is 0 Å². The highest BCUT2D eigenvalue weighted by molar-refractivity contribution is 6.30. The molecule has 1 unspecified atom stereocenters. The van der Waals surface area contributed by atoms with Gasteiger partial charge in [-0.2, -0.15) is 0 Å². The standard InChI is InChI=1S/C11H12ClNO3/c1-6-5-11(13,10(14)15)8-4-7(12)2-3-9(8)16-6/h2-4,6H,5,13H2,1H3,(H,14,15)/t6-,11?/m1/s1. The Morgan fingerprint density at radius 2 is 2.38 bits per heavy atom. The molecule has 0 saturated heterocycles. The Morgan fingerprint density at radius 1 is 1.69 bits per heavy atom. The molecule has 2 rings (SSSR count). The van der Waals surface area contributed by atoms with Crippen LogP contribution in [0.5, 0.6) is 5.75 Å². The van der Waals surface area contributed by atoms with Gasteiger partial charge in [0.15, 0.2) is 0 Å². The molecule has 1 heterocycles. The summed E-state index contributed by atoms with van der Waals surface area (Å²) in [5.41, 5.74) is 4.95. The normalized spacial score (nSPS) is 28.1. The maximum atomic E-state index is 11.3. The average molecular weight is 242 g/mol. The Hall–Kier alpha value is -1.26. The maximum Gasteiger partial charge on any atom is 0.328 e. The number of hydrogen-bond acceptors (Lipinski definition) is 3. The highest BCUT2D eigenvalue weighted by Crippen LogP contribution is 2.39. The third kappa shape index (κ3) is 1.64. The zero-order valence-corrected chi connectivity index (χ0v) is 9.49. The van der Waals surface area contributed by atoms with Gasteiger partial charge in [0.2, 0.25) is 0 Å². The van der Waals surface area contributed by atoms with Crippen molar-refractivity contribution in [1.82, 2.24) is 0 Å². The maximum absolute atomic E-state index is 11.3. The van der Waals surface area contributed by atoms with Crippen LogP contribution < -0.4 is 10.5 Å². The minimum atomic E-state index is -1.42. The fraction of sp³-hybridized carbons (Fsp3) is 0.364. The first-order valence-electron chi connectivity index (χ1n) is 4.92. The van der Waals surface area contributed by atoms with Gasteiger partial charge in [-0.3, -0.25) is 0 Å². The predicted molar refractivity (Wildman–Crippen MR) is 59.7 cm³/mol. The minimum absolute atomic E-state index is 0.227. The van der Waals surface area contributed by atoms with Gasteiger partial charge in [0, 0.05) is 17.0 Å². The van der Waals surface area contributed by atoms with Crippen LogP contribution in [0, 0.1) is 0 Å².